The number of imidazole rings is 1. The van der Waals surface area contributed by atoms with Crippen molar-refractivity contribution in [3.8, 4) is 11.8 Å². The Morgan fingerprint density at radius 3 is 2.67 bits per heavy atom. The van der Waals surface area contributed by atoms with Gasteiger partial charge in [-0.3, -0.25) is 4.57 Å². The standard InChI is InChI=1S/C18H15N5O/c1-24-12-8-6-11(7-9-12)16-13(10-19)17(20)23-15-5-3-2-4-14(15)21-18(23)22-16/h2-9,16H,20H2,1H3,(H,21,22). The molecule has 6 heteroatoms. The van der Waals surface area contributed by atoms with Gasteiger partial charge in [-0.2, -0.15) is 5.26 Å². The van der Waals surface area contributed by atoms with Crippen molar-refractivity contribution in [3.63, 3.8) is 0 Å². The molecular formula is C18H15N5O. The molecule has 1 unspecified atom stereocenters. The molecule has 1 aromatic heterocycles. The summed E-state index contributed by atoms with van der Waals surface area (Å²) in [5.41, 5.74) is 9.41. The number of hydrogen-bond donors (Lipinski definition) is 2. The first-order valence-electron chi connectivity index (χ1n) is 7.51. The Labute approximate surface area is 138 Å². The predicted octanol–water partition coefficient (Wildman–Crippen LogP) is 2.86. The maximum absolute atomic E-state index is 9.64. The van der Waals surface area contributed by atoms with Crippen LogP contribution in [0.2, 0.25) is 0 Å². The average Bonchev–Trinajstić information content (AvgIpc) is 3.00. The van der Waals surface area contributed by atoms with Crippen LogP contribution in [0, 0.1) is 11.3 Å². The molecule has 0 fully saturated rings. The molecule has 0 saturated heterocycles. The second kappa shape index (κ2) is 5.32. The van der Waals surface area contributed by atoms with Gasteiger partial charge in [0.1, 0.15) is 17.6 Å². The lowest BCUT2D eigenvalue weighted by atomic mass is 9.98. The molecule has 0 spiro atoms. The molecule has 6 nitrogen and oxygen atoms in total. The van der Waals surface area contributed by atoms with Gasteiger partial charge in [0.15, 0.2) is 0 Å². The van der Waals surface area contributed by atoms with E-state index in [-0.39, 0.29) is 6.04 Å². The van der Waals surface area contributed by atoms with E-state index in [2.05, 4.69) is 16.4 Å². The van der Waals surface area contributed by atoms with Crippen LogP contribution in [0.15, 0.2) is 54.1 Å². The molecule has 118 valence electrons. The molecule has 0 bridgehead atoms. The fourth-order valence-electron chi connectivity index (χ4n) is 3.00. The molecule has 3 aromatic rings. The highest BCUT2D eigenvalue weighted by molar-refractivity contribution is 5.85. The van der Waals surface area contributed by atoms with Crippen molar-refractivity contribution in [2.24, 2.45) is 5.73 Å². The summed E-state index contributed by atoms with van der Waals surface area (Å²) in [6, 6.07) is 17.2. The normalized spacial score (nSPS) is 16.4. The summed E-state index contributed by atoms with van der Waals surface area (Å²) < 4.78 is 6.97. The van der Waals surface area contributed by atoms with Crippen LogP contribution in [0.4, 0.5) is 5.95 Å². The van der Waals surface area contributed by atoms with Crippen molar-refractivity contribution in [3.05, 3.63) is 59.7 Å². The highest BCUT2D eigenvalue weighted by Gasteiger charge is 2.29. The molecule has 2 heterocycles. The Morgan fingerprint density at radius 2 is 1.96 bits per heavy atom. The number of benzene rings is 2. The monoisotopic (exact) mass is 317 g/mol. The molecule has 0 aliphatic carbocycles. The molecule has 3 N–H and O–H groups in total. The summed E-state index contributed by atoms with van der Waals surface area (Å²) in [6.45, 7) is 0. The number of ether oxygens (including phenoxy) is 1. The number of nitrogens with two attached hydrogens (primary N) is 1. The minimum Gasteiger partial charge on any atom is -0.497 e. The SMILES string of the molecule is COc1ccc(C2Nc3nc4ccccc4n3C(N)=C2C#N)cc1. The molecule has 24 heavy (non-hydrogen) atoms. The number of hydrogen-bond acceptors (Lipinski definition) is 5. The number of rotatable bonds is 2. The predicted molar refractivity (Wildman–Crippen MR) is 92.1 cm³/mol. The fourth-order valence-corrected chi connectivity index (χ4v) is 3.00. The van der Waals surface area contributed by atoms with Gasteiger partial charge in [-0.1, -0.05) is 24.3 Å². The number of methoxy groups -OCH3 is 1. The second-order valence-corrected chi connectivity index (χ2v) is 5.52. The van der Waals surface area contributed by atoms with E-state index in [1.165, 1.54) is 0 Å². The Balaban J connectivity index is 1.87. The Hall–Kier alpha value is -3.46. The van der Waals surface area contributed by atoms with Gasteiger partial charge in [-0.05, 0) is 29.8 Å². The maximum atomic E-state index is 9.64. The molecule has 0 saturated carbocycles. The lowest BCUT2D eigenvalue weighted by Gasteiger charge is -2.26. The molecule has 1 atom stereocenters. The number of nitrogens with one attached hydrogen (secondary N) is 1. The largest absolute Gasteiger partial charge is 0.497 e. The summed E-state index contributed by atoms with van der Waals surface area (Å²) in [5, 5.41) is 13.0. The van der Waals surface area contributed by atoms with Gasteiger partial charge in [0, 0.05) is 0 Å². The highest BCUT2D eigenvalue weighted by atomic mass is 16.5. The van der Waals surface area contributed by atoms with E-state index in [1.54, 1.807) is 11.7 Å². The minimum absolute atomic E-state index is 0.342. The number of para-hydroxylation sites is 2. The first kappa shape index (κ1) is 14.2. The van der Waals surface area contributed by atoms with Gasteiger partial charge < -0.3 is 15.8 Å². The topological polar surface area (TPSA) is 88.9 Å². The summed E-state index contributed by atoms with van der Waals surface area (Å²) in [7, 11) is 1.62. The third-order valence-corrected chi connectivity index (χ3v) is 4.21. The van der Waals surface area contributed by atoms with Crippen LogP contribution in [0.25, 0.3) is 16.9 Å². The Morgan fingerprint density at radius 1 is 1.21 bits per heavy atom. The van der Waals surface area contributed by atoms with Gasteiger partial charge >= 0.3 is 0 Å². The van der Waals surface area contributed by atoms with E-state index in [9.17, 15) is 5.26 Å². The summed E-state index contributed by atoms with van der Waals surface area (Å²) in [4.78, 5) is 4.59. The number of nitrogens with zero attached hydrogens (tertiary/aromatic N) is 3. The molecular weight excluding hydrogens is 302 g/mol. The van der Waals surface area contributed by atoms with Gasteiger partial charge in [0.25, 0.3) is 0 Å². The van der Waals surface area contributed by atoms with E-state index in [0.717, 1.165) is 22.3 Å². The van der Waals surface area contributed by atoms with Crippen LogP contribution in [0.5, 0.6) is 5.75 Å². The Kier molecular flexibility index (Phi) is 3.14. The summed E-state index contributed by atoms with van der Waals surface area (Å²) in [5.74, 6) is 1.80. The smallest absolute Gasteiger partial charge is 0.210 e. The molecule has 2 aromatic carbocycles. The second-order valence-electron chi connectivity index (χ2n) is 5.52. The quantitative estimate of drug-likeness (QED) is 0.758. The van der Waals surface area contributed by atoms with Gasteiger partial charge in [0.2, 0.25) is 5.95 Å². The van der Waals surface area contributed by atoms with Crippen LogP contribution >= 0.6 is 0 Å². The van der Waals surface area contributed by atoms with Crippen molar-refractivity contribution >= 4 is 22.8 Å². The lowest BCUT2D eigenvalue weighted by Crippen LogP contribution is -2.26. The van der Waals surface area contributed by atoms with E-state index < -0.39 is 0 Å². The zero-order valence-corrected chi connectivity index (χ0v) is 13.0. The van der Waals surface area contributed by atoms with Gasteiger partial charge in [-0.15, -0.1) is 0 Å². The van der Waals surface area contributed by atoms with Crippen LogP contribution in [0.1, 0.15) is 11.6 Å². The fraction of sp³-hybridized carbons (Fsp3) is 0.111. The third kappa shape index (κ3) is 1.99. The number of aromatic nitrogens is 2. The van der Waals surface area contributed by atoms with Gasteiger partial charge in [0.05, 0.1) is 29.8 Å². The minimum atomic E-state index is -0.342. The molecule has 0 radical (unpaired) electrons. The first-order valence-corrected chi connectivity index (χ1v) is 7.51. The van der Waals surface area contributed by atoms with Crippen LogP contribution < -0.4 is 15.8 Å². The third-order valence-electron chi connectivity index (χ3n) is 4.21. The van der Waals surface area contributed by atoms with Crippen molar-refractivity contribution in [1.82, 2.24) is 9.55 Å². The highest BCUT2D eigenvalue weighted by Crippen LogP contribution is 2.36. The van der Waals surface area contributed by atoms with E-state index in [0.29, 0.717) is 17.3 Å². The summed E-state index contributed by atoms with van der Waals surface area (Å²) in [6.07, 6.45) is 0. The van der Waals surface area contributed by atoms with Crippen molar-refractivity contribution in [1.29, 1.82) is 5.26 Å². The average molecular weight is 317 g/mol. The Bertz CT molecular complexity index is 994. The van der Waals surface area contributed by atoms with Crippen LogP contribution in [0.3, 0.4) is 0 Å². The maximum Gasteiger partial charge on any atom is 0.210 e. The van der Waals surface area contributed by atoms with E-state index in [4.69, 9.17) is 10.5 Å². The zero-order chi connectivity index (χ0) is 16.7. The molecule has 1 aliphatic rings. The van der Waals surface area contributed by atoms with Crippen molar-refractivity contribution < 1.29 is 4.74 Å². The number of anilines is 1. The van der Waals surface area contributed by atoms with E-state index >= 15 is 0 Å². The molecule has 0 amide bonds. The van der Waals surface area contributed by atoms with Crippen LogP contribution in [-0.2, 0) is 0 Å². The van der Waals surface area contributed by atoms with Gasteiger partial charge in [-0.25, -0.2) is 4.98 Å². The van der Waals surface area contributed by atoms with Crippen molar-refractivity contribution in [2.45, 2.75) is 6.04 Å². The first-order chi connectivity index (χ1) is 11.7. The number of fused-ring (bicyclic) bond motifs is 3. The summed E-state index contributed by atoms with van der Waals surface area (Å²) >= 11 is 0. The molecule has 1 aliphatic heterocycles. The molecule has 4 rings (SSSR count). The zero-order valence-electron chi connectivity index (χ0n) is 13.0. The lowest BCUT2D eigenvalue weighted by molar-refractivity contribution is 0.414. The number of nitriles is 1. The van der Waals surface area contributed by atoms with Crippen LogP contribution in [-0.4, -0.2) is 16.7 Å². The van der Waals surface area contributed by atoms with Crippen molar-refractivity contribution in [2.75, 3.05) is 12.4 Å². The van der Waals surface area contributed by atoms with E-state index in [1.807, 2.05) is 48.5 Å².